The van der Waals surface area contributed by atoms with Crippen molar-refractivity contribution in [3.05, 3.63) is 42.0 Å². The Hall–Kier alpha value is -1.06. The highest BCUT2D eigenvalue weighted by Crippen LogP contribution is 2.09. The van der Waals surface area contributed by atoms with Gasteiger partial charge in [0.15, 0.2) is 5.12 Å². The lowest BCUT2D eigenvalue weighted by Crippen LogP contribution is -2.07. The molecule has 16 heavy (non-hydrogen) atoms. The van der Waals surface area contributed by atoms with Gasteiger partial charge >= 0.3 is 0 Å². The predicted octanol–water partition coefficient (Wildman–Crippen LogP) is 2.73. The van der Waals surface area contributed by atoms with Gasteiger partial charge in [0.25, 0.3) is 0 Å². The molecule has 0 saturated carbocycles. The minimum Gasteiger partial charge on any atom is -0.389 e. The second-order valence-corrected chi connectivity index (χ2v) is 4.67. The molecule has 0 amide bonds. The lowest BCUT2D eigenvalue weighted by molar-refractivity contribution is -0.112. The molecule has 0 aliphatic heterocycles. The lowest BCUT2D eigenvalue weighted by atomic mass is 10.1. The van der Waals surface area contributed by atoms with Crippen LogP contribution in [-0.4, -0.2) is 22.1 Å². The number of rotatable bonds is 5. The van der Waals surface area contributed by atoms with Gasteiger partial charge in [-0.3, -0.25) is 4.79 Å². The molecular weight excluding hydrogens is 220 g/mol. The van der Waals surface area contributed by atoms with Crippen molar-refractivity contribution in [3.63, 3.8) is 0 Å². The maximum Gasteiger partial charge on any atom is 0.191 e. The standard InChI is InChI=1S/C13H16O2S/c1-2-16-13(15)10-12(14)9-8-11-6-4-3-5-7-11/h3-9,12,14H,2,10H2,1H3/b9-8+. The number of aliphatic hydroxyl groups excluding tert-OH is 1. The Bertz CT molecular complexity index is 346. The molecule has 0 spiro atoms. The van der Waals surface area contributed by atoms with Crippen LogP contribution < -0.4 is 0 Å². The second-order valence-electron chi connectivity index (χ2n) is 3.35. The van der Waals surface area contributed by atoms with Crippen LogP contribution >= 0.6 is 11.8 Å². The van der Waals surface area contributed by atoms with Crippen molar-refractivity contribution in [2.24, 2.45) is 0 Å². The molecule has 3 heteroatoms. The summed E-state index contributed by atoms with van der Waals surface area (Å²) in [5.41, 5.74) is 1.03. The van der Waals surface area contributed by atoms with Gasteiger partial charge in [-0.2, -0.15) is 0 Å². The fraction of sp³-hybridized carbons (Fsp3) is 0.308. The summed E-state index contributed by atoms with van der Waals surface area (Å²) in [5.74, 6) is 0.758. The van der Waals surface area contributed by atoms with Crippen LogP contribution in [0.3, 0.4) is 0 Å². The molecule has 0 saturated heterocycles. The molecule has 1 aromatic rings. The van der Waals surface area contributed by atoms with E-state index in [1.54, 1.807) is 6.08 Å². The summed E-state index contributed by atoms with van der Waals surface area (Å²) in [5, 5.41) is 9.62. The number of carbonyl (C=O) groups is 1. The van der Waals surface area contributed by atoms with Crippen LogP contribution in [0.15, 0.2) is 36.4 Å². The molecule has 0 aromatic heterocycles. The van der Waals surface area contributed by atoms with Crippen LogP contribution in [0.4, 0.5) is 0 Å². The zero-order valence-electron chi connectivity index (χ0n) is 9.30. The zero-order chi connectivity index (χ0) is 11.8. The summed E-state index contributed by atoms with van der Waals surface area (Å²) in [7, 11) is 0. The van der Waals surface area contributed by atoms with Crippen LogP contribution in [-0.2, 0) is 4.79 Å². The number of hydrogen-bond acceptors (Lipinski definition) is 3. The Kier molecular flexibility index (Phi) is 5.90. The summed E-state index contributed by atoms with van der Waals surface area (Å²) in [6.45, 7) is 1.93. The number of carbonyl (C=O) groups excluding carboxylic acids is 1. The maximum atomic E-state index is 11.2. The van der Waals surface area contributed by atoms with Crippen molar-refractivity contribution in [1.29, 1.82) is 0 Å². The molecule has 0 fully saturated rings. The molecule has 0 aliphatic rings. The maximum absolute atomic E-state index is 11.2. The molecule has 86 valence electrons. The first-order valence-electron chi connectivity index (χ1n) is 5.29. The third kappa shape index (κ3) is 5.14. The Morgan fingerprint density at radius 1 is 1.44 bits per heavy atom. The molecule has 2 nitrogen and oxygen atoms in total. The molecule has 1 atom stereocenters. The number of aliphatic hydroxyl groups is 1. The molecule has 0 bridgehead atoms. The molecule has 0 radical (unpaired) electrons. The fourth-order valence-corrected chi connectivity index (χ4v) is 1.86. The van der Waals surface area contributed by atoms with Gasteiger partial charge in [-0.05, 0) is 11.3 Å². The van der Waals surface area contributed by atoms with E-state index >= 15 is 0 Å². The summed E-state index contributed by atoms with van der Waals surface area (Å²) in [6.07, 6.45) is 2.98. The summed E-state index contributed by atoms with van der Waals surface area (Å²) >= 11 is 1.25. The van der Waals surface area contributed by atoms with Crippen LogP contribution in [0, 0.1) is 0 Å². The number of hydrogen-bond donors (Lipinski definition) is 1. The van der Waals surface area contributed by atoms with Crippen LogP contribution in [0.5, 0.6) is 0 Å². The Morgan fingerprint density at radius 2 is 2.12 bits per heavy atom. The van der Waals surface area contributed by atoms with Gasteiger partial charge in [-0.15, -0.1) is 0 Å². The highest BCUT2D eigenvalue weighted by Gasteiger charge is 2.06. The van der Waals surface area contributed by atoms with E-state index in [1.165, 1.54) is 11.8 Å². The van der Waals surface area contributed by atoms with Gasteiger partial charge in [0.05, 0.1) is 6.10 Å². The summed E-state index contributed by atoms with van der Waals surface area (Å²) < 4.78 is 0. The largest absolute Gasteiger partial charge is 0.389 e. The van der Waals surface area contributed by atoms with Crippen molar-refractivity contribution in [2.75, 3.05) is 5.75 Å². The quantitative estimate of drug-likeness (QED) is 0.854. The summed E-state index contributed by atoms with van der Waals surface area (Å²) in [6, 6.07) is 9.71. The minimum absolute atomic E-state index is 0.0349. The highest BCUT2D eigenvalue weighted by atomic mass is 32.2. The average molecular weight is 236 g/mol. The van der Waals surface area contributed by atoms with Crippen molar-refractivity contribution < 1.29 is 9.90 Å². The van der Waals surface area contributed by atoms with Crippen molar-refractivity contribution >= 4 is 23.0 Å². The van der Waals surface area contributed by atoms with Gasteiger partial charge in [0.1, 0.15) is 0 Å². The van der Waals surface area contributed by atoms with Crippen molar-refractivity contribution in [1.82, 2.24) is 0 Å². The zero-order valence-corrected chi connectivity index (χ0v) is 10.1. The monoisotopic (exact) mass is 236 g/mol. The highest BCUT2D eigenvalue weighted by molar-refractivity contribution is 8.13. The van der Waals surface area contributed by atoms with Crippen LogP contribution in [0.1, 0.15) is 18.9 Å². The third-order valence-corrected chi connectivity index (χ3v) is 2.77. The minimum atomic E-state index is -0.688. The van der Waals surface area contributed by atoms with E-state index in [0.29, 0.717) is 0 Å². The van der Waals surface area contributed by atoms with Gasteiger partial charge in [-0.1, -0.05) is 61.2 Å². The van der Waals surface area contributed by atoms with E-state index in [-0.39, 0.29) is 11.5 Å². The van der Waals surface area contributed by atoms with Crippen LogP contribution in [0.25, 0.3) is 6.08 Å². The molecule has 1 aromatic carbocycles. The van der Waals surface area contributed by atoms with E-state index in [2.05, 4.69) is 0 Å². The van der Waals surface area contributed by atoms with E-state index in [0.717, 1.165) is 11.3 Å². The Labute approximate surface area is 100 Å². The Balaban J connectivity index is 2.42. The van der Waals surface area contributed by atoms with Gasteiger partial charge < -0.3 is 5.11 Å². The van der Waals surface area contributed by atoms with Gasteiger partial charge in [-0.25, -0.2) is 0 Å². The topological polar surface area (TPSA) is 37.3 Å². The van der Waals surface area contributed by atoms with E-state index in [4.69, 9.17) is 0 Å². The normalized spacial score (nSPS) is 12.9. The molecule has 1 rings (SSSR count). The fourth-order valence-electron chi connectivity index (χ4n) is 1.25. The first-order chi connectivity index (χ1) is 7.72. The van der Waals surface area contributed by atoms with Crippen molar-refractivity contribution in [3.8, 4) is 0 Å². The van der Waals surface area contributed by atoms with E-state index in [9.17, 15) is 9.90 Å². The van der Waals surface area contributed by atoms with Crippen LogP contribution in [0.2, 0.25) is 0 Å². The average Bonchev–Trinajstić information content (AvgIpc) is 2.28. The van der Waals surface area contributed by atoms with E-state index in [1.807, 2.05) is 43.3 Å². The smallest absolute Gasteiger partial charge is 0.191 e. The first-order valence-corrected chi connectivity index (χ1v) is 6.28. The lowest BCUT2D eigenvalue weighted by Gasteiger charge is -2.03. The van der Waals surface area contributed by atoms with Gasteiger partial charge in [0.2, 0.25) is 0 Å². The first kappa shape index (κ1) is 13.0. The predicted molar refractivity (Wildman–Crippen MR) is 69.2 cm³/mol. The molecule has 1 N–H and O–H groups in total. The van der Waals surface area contributed by atoms with E-state index < -0.39 is 6.10 Å². The SMILES string of the molecule is CCSC(=O)CC(O)/C=C/c1ccccc1. The molecule has 0 aliphatic carbocycles. The summed E-state index contributed by atoms with van der Waals surface area (Å²) in [4.78, 5) is 11.2. The van der Waals surface area contributed by atoms with Gasteiger partial charge in [0, 0.05) is 6.42 Å². The third-order valence-electron chi connectivity index (χ3n) is 1.99. The molecule has 1 unspecified atom stereocenters. The molecule has 0 heterocycles. The Morgan fingerprint density at radius 3 is 2.75 bits per heavy atom. The number of benzene rings is 1. The number of thioether (sulfide) groups is 1. The second kappa shape index (κ2) is 7.25. The molecular formula is C13H16O2S. The van der Waals surface area contributed by atoms with Crippen molar-refractivity contribution in [2.45, 2.75) is 19.4 Å².